The van der Waals surface area contributed by atoms with Gasteiger partial charge in [0.1, 0.15) is 11.5 Å². The van der Waals surface area contributed by atoms with E-state index in [-0.39, 0.29) is 40.7 Å². The molecule has 1 unspecified atom stereocenters. The van der Waals surface area contributed by atoms with Crippen molar-refractivity contribution >= 4 is 22.6 Å². The average molecular weight is 476 g/mol. The standard InChI is InChI=1S/C24H22F2N8O/c1-34-11-20(30-12-34)24(35)32-15-4-2-3-14(7-15)31-23-19(26)10-29-22(33-23)17-9-28-21-16(17)5-13(8-27)6-18(21)25/h5-6,9-12,14-15,28H,2-4,7H2,1H3,(H,32,35)(H,29,31,33)/t14-,15?/m0/s1. The van der Waals surface area contributed by atoms with Crippen LogP contribution in [0.1, 0.15) is 41.7 Å². The number of anilines is 1. The van der Waals surface area contributed by atoms with Gasteiger partial charge in [0.05, 0.1) is 29.7 Å². The number of nitriles is 1. The molecule has 1 fully saturated rings. The van der Waals surface area contributed by atoms with E-state index in [0.717, 1.165) is 31.5 Å². The van der Waals surface area contributed by atoms with Crippen LogP contribution in [0.3, 0.4) is 0 Å². The van der Waals surface area contributed by atoms with Crippen LogP contribution >= 0.6 is 0 Å². The van der Waals surface area contributed by atoms with Crippen LogP contribution in [0.2, 0.25) is 0 Å². The second-order valence-corrected chi connectivity index (χ2v) is 8.69. The number of carbonyl (C=O) groups is 1. The highest BCUT2D eigenvalue weighted by molar-refractivity contribution is 5.95. The third-order valence-corrected chi connectivity index (χ3v) is 6.14. The van der Waals surface area contributed by atoms with Crippen molar-refractivity contribution in [3.63, 3.8) is 0 Å². The highest BCUT2D eigenvalue weighted by atomic mass is 19.1. The van der Waals surface area contributed by atoms with Crippen LogP contribution < -0.4 is 10.6 Å². The first-order valence-electron chi connectivity index (χ1n) is 11.2. The maximum atomic E-state index is 14.6. The van der Waals surface area contributed by atoms with E-state index in [1.807, 2.05) is 6.07 Å². The van der Waals surface area contributed by atoms with Gasteiger partial charge in [-0.15, -0.1) is 0 Å². The lowest BCUT2D eigenvalue weighted by molar-refractivity contribution is 0.0921. The lowest BCUT2D eigenvalue weighted by atomic mass is 9.91. The number of imidazole rings is 1. The summed E-state index contributed by atoms with van der Waals surface area (Å²) in [4.78, 5) is 27.8. The molecule has 178 valence electrons. The van der Waals surface area contributed by atoms with E-state index >= 15 is 0 Å². The fraction of sp³-hybridized carbons (Fsp3) is 0.292. The molecule has 0 spiro atoms. The van der Waals surface area contributed by atoms with Gasteiger partial charge >= 0.3 is 0 Å². The number of aromatic nitrogens is 5. The normalized spacial score (nSPS) is 17.8. The maximum Gasteiger partial charge on any atom is 0.271 e. The first-order valence-corrected chi connectivity index (χ1v) is 11.2. The maximum absolute atomic E-state index is 14.6. The van der Waals surface area contributed by atoms with Crippen molar-refractivity contribution in [2.45, 2.75) is 37.8 Å². The fourth-order valence-corrected chi connectivity index (χ4v) is 4.47. The molecule has 1 aliphatic carbocycles. The van der Waals surface area contributed by atoms with Crippen LogP contribution in [-0.4, -0.2) is 42.5 Å². The Balaban J connectivity index is 1.34. The number of hydrogen-bond acceptors (Lipinski definition) is 6. The second-order valence-electron chi connectivity index (χ2n) is 8.69. The minimum absolute atomic E-state index is 0.0305. The van der Waals surface area contributed by atoms with E-state index in [2.05, 4.69) is 30.6 Å². The molecule has 1 amide bonds. The second kappa shape index (κ2) is 9.13. The largest absolute Gasteiger partial charge is 0.365 e. The molecule has 1 aliphatic rings. The summed E-state index contributed by atoms with van der Waals surface area (Å²) in [5.41, 5.74) is 1.20. The number of rotatable bonds is 5. The predicted octanol–water partition coefficient (Wildman–Crippen LogP) is 3.66. The molecule has 1 aromatic carbocycles. The average Bonchev–Trinajstić information content (AvgIpc) is 3.47. The first-order chi connectivity index (χ1) is 16.9. The Morgan fingerprint density at radius 2 is 2.06 bits per heavy atom. The molecule has 3 heterocycles. The van der Waals surface area contributed by atoms with Gasteiger partial charge in [0, 0.05) is 42.5 Å². The molecule has 2 atom stereocenters. The number of fused-ring (bicyclic) bond motifs is 1. The number of H-pyrrole nitrogens is 1. The van der Waals surface area contributed by atoms with Crippen molar-refractivity contribution in [1.29, 1.82) is 5.26 Å². The summed E-state index contributed by atoms with van der Waals surface area (Å²) in [7, 11) is 1.80. The van der Waals surface area contributed by atoms with E-state index in [1.165, 1.54) is 6.20 Å². The number of aromatic amines is 1. The van der Waals surface area contributed by atoms with Gasteiger partial charge in [-0.3, -0.25) is 4.79 Å². The van der Waals surface area contributed by atoms with Crippen molar-refractivity contribution < 1.29 is 13.6 Å². The predicted molar refractivity (Wildman–Crippen MR) is 124 cm³/mol. The number of nitrogens with zero attached hydrogens (tertiary/aromatic N) is 5. The third-order valence-electron chi connectivity index (χ3n) is 6.14. The van der Waals surface area contributed by atoms with Crippen LogP contribution in [0.15, 0.2) is 37.1 Å². The van der Waals surface area contributed by atoms with Gasteiger partial charge in [0.15, 0.2) is 17.5 Å². The summed E-state index contributed by atoms with van der Waals surface area (Å²) < 4.78 is 30.6. The van der Waals surface area contributed by atoms with Crippen LogP contribution in [0.25, 0.3) is 22.3 Å². The number of amides is 1. The van der Waals surface area contributed by atoms with Crippen LogP contribution in [-0.2, 0) is 7.05 Å². The molecule has 3 aromatic heterocycles. The molecule has 0 radical (unpaired) electrons. The summed E-state index contributed by atoms with van der Waals surface area (Å²) >= 11 is 0. The number of carbonyl (C=O) groups excluding carboxylic acids is 1. The topological polar surface area (TPSA) is 124 Å². The molecule has 35 heavy (non-hydrogen) atoms. The van der Waals surface area contributed by atoms with Crippen molar-refractivity contribution in [2.24, 2.45) is 7.05 Å². The summed E-state index contributed by atoms with van der Waals surface area (Å²) in [6, 6.07) is 4.43. The monoisotopic (exact) mass is 476 g/mol. The minimum Gasteiger partial charge on any atom is -0.365 e. The fourth-order valence-electron chi connectivity index (χ4n) is 4.47. The zero-order valence-electron chi connectivity index (χ0n) is 18.8. The number of aryl methyl sites for hydroxylation is 1. The van der Waals surface area contributed by atoms with Gasteiger partial charge in [0.2, 0.25) is 0 Å². The van der Waals surface area contributed by atoms with Gasteiger partial charge in [-0.2, -0.15) is 5.26 Å². The Labute approximate surface area is 199 Å². The van der Waals surface area contributed by atoms with Gasteiger partial charge in [-0.05, 0) is 37.8 Å². The minimum atomic E-state index is -0.614. The summed E-state index contributed by atoms with van der Waals surface area (Å²) in [5.74, 6) is -1.19. The Morgan fingerprint density at radius 3 is 2.83 bits per heavy atom. The Morgan fingerprint density at radius 1 is 1.23 bits per heavy atom. The number of halogens is 2. The van der Waals surface area contributed by atoms with Crippen molar-refractivity contribution in [3.8, 4) is 17.5 Å². The van der Waals surface area contributed by atoms with E-state index in [0.29, 0.717) is 23.1 Å². The third kappa shape index (κ3) is 4.55. The van der Waals surface area contributed by atoms with E-state index in [9.17, 15) is 18.8 Å². The number of hydrogen-bond donors (Lipinski definition) is 3. The van der Waals surface area contributed by atoms with Gasteiger partial charge in [-0.25, -0.2) is 23.7 Å². The molecular formula is C24H22F2N8O. The van der Waals surface area contributed by atoms with Crippen LogP contribution in [0.4, 0.5) is 14.6 Å². The molecule has 4 aromatic rings. The Kier molecular flexibility index (Phi) is 5.86. The van der Waals surface area contributed by atoms with Gasteiger partial charge in [-0.1, -0.05) is 0 Å². The molecular weight excluding hydrogens is 454 g/mol. The molecule has 3 N–H and O–H groups in total. The summed E-state index contributed by atoms with van der Waals surface area (Å²) in [6.45, 7) is 0. The quantitative estimate of drug-likeness (QED) is 0.404. The zero-order valence-corrected chi connectivity index (χ0v) is 18.8. The SMILES string of the molecule is Cn1cnc(C(=O)NC2CCC[C@H](Nc3nc(-c4c[nH]c5c(F)cc(C#N)cc45)ncc3F)C2)c1. The molecule has 11 heteroatoms. The lowest BCUT2D eigenvalue weighted by Gasteiger charge is -2.30. The molecule has 1 saturated carbocycles. The highest BCUT2D eigenvalue weighted by Gasteiger charge is 2.26. The first kappa shape index (κ1) is 22.5. The Hall–Kier alpha value is -4.33. The van der Waals surface area contributed by atoms with Crippen LogP contribution in [0.5, 0.6) is 0 Å². The molecule has 0 saturated heterocycles. The van der Waals surface area contributed by atoms with E-state index < -0.39 is 11.6 Å². The van der Waals surface area contributed by atoms with Crippen molar-refractivity contribution in [2.75, 3.05) is 5.32 Å². The van der Waals surface area contributed by atoms with Gasteiger partial charge in [0.25, 0.3) is 5.91 Å². The molecule has 0 bridgehead atoms. The van der Waals surface area contributed by atoms with Gasteiger partial charge < -0.3 is 20.2 Å². The number of benzene rings is 1. The van der Waals surface area contributed by atoms with E-state index in [1.54, 1.807) is 30.2 Å². The highest BCUT2D eigenvalue weighted by Crippen LogP contribution is 2.30. The molecule has 9 nitrogen and oxygen atoms in total. The lowest BCUT2D eigenvalue weighted by Crippen LogP contribution is -2.42. The smallest absolute Gasteiger partial charge is 0.271 e. The Bertz CT molecular complexity index is 1450. The zero-order chi connectivity index (χ0) is 24.5. The van der Waals surface area contributed by atoms with Crippen molar-refractivity contribution in [1.82, 2.24) is 29.8 Å². The molecule has 0 aliphatic heterocycles. The van der Waals surface area contributed by atoms with Crippen LogP contribution in [0, 0.1) is 23.0 Å². The van der Waals surface area contributed by atoms with E-state index in [4.69, 9.17) is 0 Å². The van der Waals surface area contributed by atoms with Crippen molar-refractivity contribution in [3.05, 3.63) is 59.9 Å². The summed E-state index contributed by atoms with van der Waals surface area (Å²) in [5, 5.41) is 15.8. The molecule has 5 rings (SSSR count). The summed E-state index contributed by atoms with van der Waals surface area (Å²) in [6.07, 6.45) is 8.88. The number of nitrogens with one attached hydrogen (secondary N) is 3.